The van der Waals surface area contributed by atoms with Gasteiger partial charge in [-0.25, -0.2) is 0 Å². The monoisotopic (exact) mass is 571 g/mol. The topological polar surface area (TPSA) is 41.9 Å². The predicted octanol–water partition coefficient (Wildman–Crippen LogP) is 8.30. The molecule has 0 aromatic heterocycles. The van der Waals surface area contributed by atoms with Gasteiger partial charge in [0, 0.05) is 18.3 Å². The molecule has 3 rings (SSSR count). The molecule has 4 nitrogen and oxygen atoms in total. The maximum Gasteiger partial charge on any atom is 0.461 e. The second-order valence-corrected chi connectivity index (χ2v) is 8.48. The SMILES string of the molecule is OC(CC(F)(F)F)N(Cc1cccc(OC(F)(F)C(F)F)c1)c1cccc(Oc2cccc(Cl)c2Cl)c1. The van der Waals surface area contributed by atoms with Crippen molar-refractivity contribution in [2.24, 2.45) is 0 Å². The lowest BCUT2D eigenvalue weighted by Crippen LogP contribution is -2.38. The van der Waals surface area contributed by atoms with E-state index in [9.17, 15) is 35.8 Å². The van der Waals surface area contributed by atoms with E-state index in [0.29, 0.717) is 0 Å². The molecule has 0 aliphatic rings. The van der Waals surface area contributed by atoms with Crippen LogP contribution in [-0.2, 0) is 6.54 Å². The number of nitrogens with zero attached hydrogens (tertiary/aromatic N) is 1. The Morgan fingerprint density at radius 2 is 1.51 bits per heavy atom. The van der Waals surface area contributed by atoms with Crippen LogP contribution in [0.25, 0.3) is 0 Å². The Labute approximate surface area is 216 Å². The van der Waals surface area contributed by atoms with Crippen molar-refractivity contribution in [3.63, 3.8) is 0 Å². The van der Waals surface area contributed by atoms with Gasteiger partial charge >= 0.3 is 18.7 Å². The third-order valence-electron chi connectivity index (χ3n) is 4.83. The summed E-state index contributed by atoms with van der Waals surface area (Å²) >= 11 is 12.1. The third-order valence-corrected chi connectivity index (χ3v) is 5.63. The molecular formula is C24H18Cl2F7NO3. The molecule has 0 aliphatic heterocycles. The average molecular weight is 572 g/mol. The van der Waals surface area contributed by atoms with Gasteiger partial charge in [0.1, 0.15) is 28.5 Å². The van der Waals surface area contributed by atoms with Crippen molar-refractivity contribution in [1.29, 1.82) is 0 Å². The first kappa shape index (κ1) is 28.7. The van der Waals surface area contributed by atoms with E-state index in [1.54, 1.807) is 6.07 Å². The highest BCUT2D eigenvalue weighted by Gasteiger charge is 2.44. The van der Waals surface area contributed by atoms with Crippen LogP contribution in [0.1, 0.15) is 12.0 Å². The molecule has 0 spiro atoms. The summed E-state index contributed by atoms with van der Waals surface area (Å²) < 4.78 is 101. The quantitative estimate of drug-likeness (QED) is 0.196. The van der Waals surface area contributed by atoms with E-state index >= 15 is 0 Å². The number of benzene rings is 3. The van der Waals surface area contributed by atoms with Crippen LogP contribution < -0.4 is 14.4 Å². The molecule has 0 saturated heterocycles. The minimum atomic E-state index is -4.78. The number of aliphatic hydroxyl groups is 1. The van der Waals surface area contributed by atoms with Crippen molar-refractivity contribution in [2.75, 3.05) is 4.90 Å². The lowest BCUT2D eigenvalue weighted by Gasteiger charge is -2.31. The van der Waals surface area contributed by atoms with Crippen LogP contribution in [0, 0.1) is 0 Å². The summed E-state index contributed by atoms with van der Waals surface area (Å²) in [6, 6.07) is 14.7. The molecule has 0 bridgehead atoms. The van der Waals surface area contributed by atoms with Crippen LogP contribution in [0.2, 0.25) is 10.0 Å². The van der Waals surface area contributed by atoms with E-state index in [1.807, 2.05) is 0 Å². The highest BCUT2D eigenvalue weighted by molar-refractivity contribution is 6.42. The van der Waals surface area contributed by atoms with E-state index in [0.717, 1.165) is 17.0 Å². The van der Waals surface area contributed by atoms with Crippen molar-refractivity contribution >= 4 is 28.9 Å². The largest absolute Gasteiger partial charge is 0.461 e. The Morgan fingerprint density at radius 3 is 2.19 bits per heavy atom. The third kappa shape index (κ3) is 8.05. The first-order valence-corrected chi connectivity index (χ1v) is 11.2. The van der Waals surface area contributed by atoms with Gasteiger partial charge in [0.15, 0.2) is 0 Å². The molecule has 0 fully saturated rings. The minimum absolute atomic E-state index is 0.0663. The predicted molar refractivity (Wildman–Crippen MR) is 124 cm³/mol. The summed E-state index contributed by atoms with van der Waals surface area (Å²) in [4.78, 5) is 0.935. The van der Waals surface area contributed by atoms with Gasteiger partial charge in [-0.1, -0.05) is 47.5 Å². The summed E-state index contributed by atoms with van der Waals surface area (Å²) in [5.41, 5.74) is 0.157. The number of aliphatic hydroxyl groups excluding tert-OH is 1. The highest BCUT2D eigenvalue weighted by atomic mass is 35.5. The Kier molecular flexibility index (Phi) is 9.04. The molecule has 0 radical (unpaired) electrons. The van der Waals surface area contributed by atoms with Crippen LogP contribution in [0.4, 0.5) is 36.4 Å². The van der Waals surface area contributed by atoms with E-state index in [-0.39, 0.29) is 32.8 Å². The van der Waals surface area contributed by atoms with Crippen LogP contribution >= 0.6 is 23.2 Å². The summed E-state index contributed by atoms with van der Waals surface area (Å²) in [6.45, 7) is -0.434. The van der Waals surface area contributed by atoms with Crippen molar-refractivity contribution in [3.05, 3.63) is 82.3 Å². The lowest BCUT2D eigenvalue weighted by molar-refractivity contribution is -0.253. The van der Waals surface area contributed by atoms with Gasteiger partial charge in [-0.3, -0.25) is 0 Å². The molecule has 1 unspecified atom stereocenters. The van der Waals surface area contributed by atoms with Crippen molar-refractivity contribution < 1.29 is 45.3 Å². The fourth-order valence-corrected chi connectivity index (χ4v) is 3.54. The summed E-state index contributed by atoms with van der Waals surface area (Å²) in [5.74, 6) is -0.334. The maximum absolute atomic E-state index is 13.3. The highest BCUT2D eigenvalue weighted by Crippen LogP contribution is 2.37. The van der Waals surface area contributed by atoms with E-state index in [1.165, 1.54) is 48.5 Å². The second kappa shape index (κ2) is 11.7. The van der Waals surface area contributed by atoms with Crippen molar-refractivity contribution in [1.82, 2.24) is 0 Å². The molecule has 3 aromatic carbocycles. The van der Waals surface area contributed by atoms with Crippen LogP contribution in [0.3, 0.4) is 0 Å². The molecule has 13 heteroatoms. The number of alkyl halides is 7. The Bertz CT molecular complexity index is 1210. The number of hydrogen-bond donors (Lipinski definition) is 1. The van der Waals surface area contributed by atoms with E-state index in [4.69, 9.17) is 27.9 Å². The number of anilines is 1. The van der Waals surface area contributed by atoms with Crippen LogP contribution in [0.5, 0.6) is 17.2 Å². The summed E-state index contributed by atoms with van der Waals surface area (Å²) in [6.07, 6.45) is -17.3. The molecule has 3 aromatic rings. The molecule has 0 heterocycles. The first-order valence-electron chi connectivity index (χ1n) is 10.4. The van der Waals surface area contributed by atoms with Crippen molar-refractivity contribution in [2.45, 2.75) is 37.9 Å². The van der Waals surface area contributed by atoms with Gasteiger partial charge in [-0.2, -0.15) is 30.7 Å². The number of ether oxygens (including phenoxy) is 2. The van der Waals surface area contributed by atoms with Crippen LogP contribution in [-0.4, -0.2) is 30.0 Å². The van der Waals surface area contributed by atoms with Gasteiger partial charge in [0.2, 0.25) is 0 Å². The molecule has 200 valence electrons. The zero-order chi connectivity index (χ0) is 27.4. The number of halogens is 9. The Morgan fingerprint density at radius 1 is 0.865 bits per heavy atom. The summed E-state index contributed by atoms with van der Waals surface area (Å²) in [5, 5.41) is 10.7. The fraction of sp³-hybridized carbons (Fsp3) is 0.250. The number of rotatable bonds is 10. The minimum Gasteiger partial charge on any atom is -0.456 e. The molecule has 0 saturated carbocycles. The van der Waals surface area contributed by atoms with Gasteiger partial charge in [0.25, 0.3) is 0 Å². The van der Waals surface area contributed by atoms with Gasteiger partial charge < -0.3 is 19.5 Å². The van der Waals surface area contributed by atoms with Crippen LogP contribution in [0.15, 0.2) is 66.7 Å². The molecule has 0 aliphatic carbocycles. The smallest absolute Gasteiger partial charge is 0.456 e. The second-order valence-electron chi connectivity index (χ2n) is 7.69. The van der Waals surface area contributed by atoms with Gasteiger partial charge in [0.05, 0.1) is 11.4 Å². The fourth-order valence-electron chi connectivity index (χ4n) is 3.21. The van der Waals surface area contributed by atoms with E-state index < -0.39 is 43.7 Å². The van der Waals surface area contributed by atoms with Gasteiger partial charge in [-0.05, 0) is 42.0 Å². The number of hydrogen-bond acceptors (Lipinski definition) is 4. The van der Waals surface area contributed by atoms with E-state index in [2.05, 4.69) is 4.74 Å². The molecule has 0 amide bonds. The maximum atomic E-state index is 13.3. The zero-order valence-electron chi connectivity index (χ0n) is 18.5. The van der Waals surface area contributed by atoms with Gasteiger partial charge in [-0.15, -0.1) is 0 Å². The standard InChI is InChI=1S/C24H18Cl2F7NO3/c25-18-8-3-9-19(21(18)26)36-16-6-2-5-15(11-16)34(20(35)12-23(29,30)31)13-14-4-1-7-17(10-14)37-24(32,33)22(27)28/h1-11,20,22,35H,12-13H2. The zero-order valence-corrected chi connectivity index (χ0v) is 20.0. The first-order chi connectivity index (χ1) is 17.2. The normalized spacial score (nSPS) is 12.9. The Balaban J connectivity index is 1.92. The molecule has 1 N–H and O–H groups in total. The lowest BCUT2D eigenvalue weighted by atomic mass is 10.1. The Hall–Kier alpha value is -2.89. The summed E-state index contributed by atoms with van der Waals surface area (Å²) in [7, 11) is 0. The molecule has 37 heavy (non-hydrogen) atoms. The average Bonchev–Trinajstić information content (AvgIpc) is 2.79. The molecule has 1 atom stereocenters. The molecular weight excluding hydrogens is 554 g/mol. The van der Waals surface area contributed by atoms with Crippen molar-refractivity contribution in [3.8, 4) is 17.2 Å².